The number of hydrogen-bond donors (Lipinski definition) is 3. The minimum absolute atomic E-state index is 0.543. The van der Waals surface area contributed by atoms with E-state index >= 15 is 0 Å². The number of aliphatic imine (C=N–C) groups is 1. The molecule has 2 aliphatic rings. The molecule has 1 saturated carbocycles. The molecule has 1 aromatic carbocycles. The highest BCUT2D eigenvalue weighted by Gasteiger charge is 2.27. The smallest absolute Gasteiger partial charge is 0.191 e. The maximum atomic E-state index is 4.88. The number of benzene rings is 1. The third kappa shape index (κ3) is 4.95. The topological polar surface area (TPSA) is 55.5 Å². The molecule has 0 atom stereocenters. The molecule has 3 N–H and O–H groups in total. The van der Waals surface area contributed by atoms with E-state index in [4.69, 9.17) is 4.99 Å². The number of nitrogens with zero attached hydrogens (tertiary/aromatic N) is 2. The highest BCUT2D eigenvalue weighted by Crippen LogP contribution is 2.26. The summed E-state index contributed by atoms with van der Waals surface area (Å²) in [6.07, 6.45) is 11.2. The van der Waals surface area contributed by atoms with E-state index in [-0.39, 0.29) is 0 Å². The van der Waals surface area contributed by atoms with E-state index in [1.165, 1.54) is 73.6 Å². The molecule has 1 aromatic heterocycles. The quantitative estimate of drug-likeness (QED) is 0.512. The molecule has 2 aromatic rings. The number of fused-ring (bicyclic) bond motifs is 1. The van der Waals surface area contributed by atoms with E-state index in [1.54, 1.807) is 0 Å². The van der Waals surface area contributed by atoms with Gasteiger partial charge in [0.1, 0.15) is 0 Å². The Morgan fingerprint density at radius 3 is 2.72 bits per heavy atom. The maximum absolute atomic E-state index is 4.88. The normalized spacial score (nSPS) is 19.9. The SMILES string of the molecule is CCNC(=NCCc1c[nH]c2c(C)cccc12)NC1CCN(C2CCCC2)CC1. The summed E-state index contributed by atoms with van der Waals surface area (Å²) in [4.78, 5) is 11.0. The van der Waals surface area contributed by atoms with Gasteiger partial charge in [0.15, 0.2) is 5.96 Å². The summed E-state index contributed by atoms with van der Waals surface area (Å²) in [6, 6.07) is 7.91. The van der Waals surface area contributed by atoms with Crippen molar-refractivity contribution in [3.8, 4) is 0 Å². The number of hydrogen-bond acceptors (Lipinski definition) is 2. The molecule has 5 nitrogen and oxygen atoms in total. The Morgan fingerprint density at radius 1 is 1.17 bits per heavy atom. The minimum atomic E-state index is 0.543. The molecule has 0 radical (unpaired) electrons. The second kappa shape index (κ2) is 9.66. The van der Waals surface area contributed by atoms with Gasteiger partial charge in [-0.25, -0.2) is 0 Å². The molecule has 2 fully saturated rings. The number of rotatable bonds is 6. The Kier molecular flexibility index (Phi) is 6.75. The van der Waals surface area contributed by atoms with Crippen LogP contribution in [0.5, 0.6) is 0 Å². The van der Waals surface area contributed by atoms with Crippen LogP contribution in [0.2, 0.25) is 0 Å². The van der Waals surface area contributed by atoms with Crippen LogP contribution in [0.25, 0.3) is 10.9 Å². The third-order valence-electron chi connectivity index (χ3n) is 6.72. The predicted octanol–water partition coefficient (Wildman–Crippen LogP) is 3.98. The van der Waals surface area contributed by atoms with Crippen molar-refractivity contribution in [1.29, 1.82) is 0 Å². The zero-order valence-corrected chi connectivity index (χ0v) is 18.1. The lowest BCUT2D eigenvalue weighted by atomic mass is 10.0. The molecule has 0 spiro atoms. The Labute approximate surface area is 175 Å². The molecule has 0 amide bonds. The highest BCUT2D eigenvalue weighted by atomic mass is 15.2. The van der Waals surface area contributed by atoms with Crippen LogP contribution in [-0.4, -0.2) is 54.1 Å². The fraction of sp³-hybridized carbons (Fsp3) is 0.625. The second-order valence-electron chi connectivity index (χ2n) is 8.71. The summed E-state index contributed by atoms with van der Waals surface area (Å²) in [7, 11) is 0. The van der Waals surface area contributed by atoms with Crippen molar-refractivity contribution >= 4 is 16.9 Å². The van der Waals surface area contributed by atoms with Crippen LogP contribution in [0.1, 0.15) is 56.6 Å². The van der Waals surface area contributed by atoms with Gasteiger partial charge in [0.2, 0.25) is 0 Å². The van der Waals surface area contributed by atoms with Gasteiger partial charge in [-0.05, 0) is 57.1 Å². The van der Waals surface area contributed by atoms with Crippen LogP contribution in [0.3, 0.4) is 0 Å². The van der Waals surface area contributed by atoms with E-state index in [0.29, 0.717) is 6.04 Å². The van der Waals surface area contributed by atoms with Crippen molar-refractivity contribution in [2.24, 2.45) is 4.99 Å². The Bertz CT molecular complexity index is 810. The Hall–Kier alpha value is -2.01. The second-order valence-corrected chi connectivity index (χ2v) is 8.71. The van der Waals surface area contributed by atoms with E-state index in [2.05, 4.69) is 58.8 Å². The number of H-pyrrole nitrogens is 1. The number of likely N-dealkylation sites (tertiary alicyclic amines) is 1. The van der Waals surface area contributed by atoms with Crippen molar-refractivity contribution in [2.45, 2.75) is 70.9 Å². The van der Waals surface area contributed by atoms with Gasteiger partial charge in [-0.15, -0.1) is 0 Å². The first-order valence-electron chi connectivity index (χ1n) is 11.6. The van der Waals surface area contributed by atoms with E-state index in [9.17, 15) is 0 Å². The maximum Gasteiger partial charge on any atom is 0.191 e. The molecule has 158 valence electrons. The third-order valence-corrected chi connectivity index (χ3v) is 6.72. The summed E-state index contributed by atoms with van der Waals surface area (Å²) in [5.41, 5.74) is 3.91. The van der Waals surface area contributed by atoms with Crippen LogP contribution in [-0.2, 0) is 6.42 Å². The molecule has 4 rings (SSSR count). The number of aromatic nitrogens is 1. The number of aromatic amines is 1. The number of nitrogens with one attached hydrogen (secondary N) is 3. The molecule has 1 aliphatic carbocycles. The zero-order chi connectivity index (χ0) is 20.1. The summed E-state index contributed by atoms with van der Waals surface area (Å²) >= 11 is 0. The molecule has 1 aliphatic heterocycles. The molecular weight excluding hydrogens is 358 g/mol. The first-order chi connectivity index (χ1) is 14.2. The summed E-state index contributed by atoms with van der Waals surface area (Å²) in [5, 5.41) is 8.47. The first-order valence-corrected chi connectivity index (χ1v) is 11.6. The minimum Gasteiger partial charge on any atom is -0.361 e. The largest absolute Gasteiger partial charge is 0.361 e. The van der Waals surface area contributed by atoms with Gasteiger partial charge < -0.3 is 20.5 Å². The van der Waals surface area contributed by atoms with Gasteiger partial charge in [-0.3, -0.25) is 4.99 Å². The average molecular weight is 396 g/mol. The Balaban J connectivity index is 1.30. The van der Waals surface area contributed by atoms with Crippen LogP contribution >= 0.6 is 0 Å². The van der Waals surface area contributed by atoms with E-state index < -0.39 is 0 Å². The number of guanidine groups is 1. The molecule has 29 heavy (non-hydrogen) atoms. The lowest BCUT2D eigenvalue weighted by molar-refractivity contribution is 0.150. The Morgan fingerprint density at radius 2 is 1.97 bits per heavy atom. The van der Waals surface area contributed by atoms with E-state index in [1.807, 2.05) is 0 Å². The standard InChI is InChI=1S/C24H37N5/c1-3-25-24(28-20-12-15-29(16-13-20)21-8-4-5-9-21)26-14-11-19-17-27-23-18(2)7-6-10-22(19)23/h6-7,10,17,20-21,27H,3-5,8-9,11-16H2,1-2H3,(H2,25,26,28). The monoisotopic (exact) mass is 395 g/mol. The van der Waals surface area contributed by atoms with Gasteiger partial charge in [0.25, 0.3) is 0 Å². The van der Waals surface area contributed by atoms with Crippen molar-refractivity contribution in [1.82, 2.24) is 20.5 Å². The molecule has 0 bridgehead atoms. The van der Waals surface area contributed by atoms with Gasteiger partial charge in [-0.2, -0.15) is 0 Å². The molecule has 0 unspecified atom stereocenters. The summed E-state index contributed by atoms with van der Waals surface area (Å²) < 4.78 is 0. The van der Waals surface area contributed by atoms with Crippen LogP contribution in [0.4, 0.5) is 0 Å². The van der Waals surface area contributed by atoms with Crippen LogP contribution < -0.4 is 10.6 Å². The van der Waals surface area contributed by atoms with Gasteiger partial charge >= 0.3 is 0 Å². The highest BCUT2D eigenvalue weighted by molar-refractivity contribution is 5.86. The lowest BCUT2D eigenvalue weighted by Crippen LogP contribution is -2.50. The molecule has 2 heterocycles. The van der Waals surface area contributed by atoms with Gasteiger partial charge in [-0.1, -0.05) is 31.0 Å². The van der Waals surface area contributed by atoms with Gasteiger partial charge in [0, 0.05) is 55.4 Å². The van der Waals surface area contributed by atoms with Crippen LogP contribution in [0.15, 0.2) is 29.4 Å². The molecular formula is C24H37N5. The van der Waals surface area contributed by atoms with Crippen molar-refractivity contribution in [2.75, 3.05) is 26.2 Å². The van der Waals surface area contributed by atoms with Crippen molar-refractivity contribution < 1.29 is 0 Å². The fourth-order valence-corrected chi connectivity index (χ4v) is 5.05. The van der Waals surface area contributed by atoms with Crippen molar-refractivity contribution in [3.63, 3.8) is 0 Å². The van der Waals surface area contributed by atoms with Crippen LogP contribution in [0, 0.1) is 6.92 Å². The zero-order valence-electron chi connectivity index (χ0n) is 18.1. The summed E-state index contributed by atoms with van der Waals surface area (Å²) in [5.74, 6) is 0.975. The summed E-state index contributed by atoms with van der Waals surface area (Å²) in [6.45, 7) is 8.47. The molecule has 5 heteroatoms. The average Bonchev–Trinajstić information content (AvgIpc) is 3.40. The number of aryl methyl sites for hydroxylation is 1. The lowest BCUT2D eigenvalue weighted by Gasteiger charge is -2.36. The van der Waals surface area contributed by atoms with E-state index in [0.717, 1.165) is 31.5 Å². The van der Waals surface area contributed by atoms with Crippen molar-refractivity contribution in [3.05, 3.63) is 35.5 Å². The number of para-hydroxylation sites is 1. The van der Waals surface area contributed by atoms with Gasteiger partial charge in [0.05, 0.1) is 0 Å². The predicted molar refractivity (Wildman–Crippen MR) is 123 cm³/mol. The molecule has 1 saturated heterocycles. The first kappa shape index (κ1) is 20.3. The fourth-order valence-electron chi connectivity index (χ4n) is 5.05. The number of piperidine rings is 1.